The van der Waals surface area contributed by atoms with Crippen LogP contribution in [0.3, 0.4) is 0 Å². The highest BCUT2D eigenvalue weighted by Gasteiger charge is 2.09. The molecule has 2 heteroatoms. The fourth-order valence-electron chi connectivity index (χ4n) is 1.64. The minimum Gasteiger partial charge on any atom is -0.478 e. The maximum Gasteiger partial charge on any atom is 0.328 e. The number of hydrogen-bond acceptors (Lipinski definition) is 1. The fraction of sp³-hybridized carbons (Fsp3) is 0.357. The number of allylic oxidation sites excluding steroid dienone is 1. The minimum absolute atomic E-state index is 0.207. The number of carbonyl (C=O) groups is 1. The molecule has 0 bridgehead atoms. The van der Waals surface area contributed by atoms with E-state index in [0.717, 1.165) is 11.1 Å². The van der Waals surface area contributed by atoms with Crippen molar-refractivity contribution in [1.29, 1.82) is 0 Å². The molecule has 1 rings (SSSR count). The van der Waals surface area contributed by atoms with Gasteiger partial charge in [0.05, 0.1) is 0 Å². The van der Waals surface area contributed by atoms with Gasteiger partial charge in [-0.1, -0.05) is 32.0 Å². The first-order valence-electron chi connectivity index (χ1n) is 5.44. The van der Waals surface area contributed by atoms with E-state index < -0.39 is 5.97 Å². The van der Waals surface area contributed by atoms with Gasteiger partial charge >= 0.3 is 5.97 Å². The molecule has 0 aromatic heterocycles. The zero-order valence-electron chi connectivity index (χ0n) is 10.2. The molecule has 1 aromatic carbocycles. The summed E-state index contributed by atoms with van der Waals surface area (Å²) in [5.74, 6) is -0.680. The SMILES string of the molecule is Cc1ccc(/C(=C/C(=O)O)C(C)C)cc1C. The molecule has 1 aromatic rings. The summed E-state index contributed by atoms with van der Waals surface area (Å²) in [5, 5.41) is 8.84. The Balaban J connectivity index is 3.22. The van der Waals surface area contributed by atoms with Crippen molar-refractivity contribution >= 4 is 11.5 Å². The Kier molecular flexibility index (Phi) is 3.88. The van der Waals surface area contributed by atoms with Gasteiger partial charge in [-0.05, 0) is 42.0 Å². The third-order valence-corrected chi connectivity index (χ3v) is 2.74. The third kappa shape index (κ3) is 2.96. The van der Waals surface area contributed by atoms with Crippen molar-refractivity contribution in [3.05, 3.63) is 41.0 Å². The normalized spacial score (nSPS) is 11.9. The van der Waals surface area contributed by atoms with E-state index in [1.54, 1.807) is 0 Å². The molecule has 86 valence electrons. The Morgan fingerprint density at radius 1 is 1.25 bits per heavy atom. The van der Waals surface area contributed by atoms with Crippen molar-refractivity contribution in [3.63, 3.8) is 0 Å². The van der Waals surface area contributed by atoms with Gasteiger partial charge in [0.25, 0.3) is 0 Å². The van der Waals surface area contributed by atoms with Crippen LogP contribution in [0.4, 0.5) is 0 Å². The van der Waals surface area contributed by atoms with Gasteiger partial charge in [0, 0.05) is 6.08 Å². The molecule has 0 fully saturated rings. The van der Waals surface area contributed by atoms with Crippen LogP contribution in [0.25, 0.3) is 5.57 Å². The van der Waals surface area contributed by atoms with Crippen LogP contribution in [-0.4, -0.2) is 11.1 Å². The summed E-state index contributed by atoms with van der Waals surface area (Å²) in [7, 11) is 0. The quantitative estimate of drug-likeness (QED) is 0.789. The highest BCUT2D eigenvalue weighted by Crippen LogP contribution is 2.24. The van der Waals surface area contributed by atoms with Gasteiger partial charge in [-0.2, -0.15) is 0 Å². The maximum absolute atomic E-state index is 10.8. The Bertz CT molecular complexity index is 428. The van der Waals surface area contributed by atoms with Crippen LogP contribution < -0.4 is 0 Å². The maximum atomic E-state index is 10.8. The molecule has 0 spiro atoms. The van der Waals surface area contributed by atoms with Gasteiger partial charge in [-0.15, -0.1) is 0 Å². The smallest absolute Gasteiger partial charge is 0.328 e. The first kappa shape index (κ1) is 12.5. The lowest BCUT2D eigenvalue weighted by Crippen LogP contribution is -1.99. The van der Waals surface area contributed by atoms with E-state index in [2.05, 4.69) is 6.92 Å². The summed E-state index contributed by atoms with van der Waals surface area (Å²) in [6.45, 7) is 8.10. The highest BCUT2D eigenvalue weighted by molar-refractivity contribution is 5.90. The molecule has 0 saturated heterocycles. The van der Waals surface area contributed by atoms with Crippen LogP contribution in [0.2, 0.25) is 0 Å². The van der Waals surface area contributed by atoms with Crippen LogP contribution in [0.15, 0.2) is 24.3 Å². The predicted octanol–water partition coefficient (Wildman–Crippen LogP) is 3.43. The van der Waals surface area contributed by atoms with Crippen LogP contribution in [0, 0.1) is 19.8 Å². The zero-order valence-corrected chi connectivity index (χ0v) is 10.2. The third-order valence-electron chi connectivity index (χ3n) is 2.74. The average molecular weight is 218 g/mol. The summed E-state index contributed by atoms with van der Waals surface area (Å²) < 4.78 is 0. The second kappa shape index (κ2) is 4.97. The second-order valence-corrected chi connectivity index (χ2v) is 4.39. The van der Waals surface area contributed by atoms with Crippen molar-refractivity contribution in [1.82, 2.24) is 0 Å². The van der Waals surface area contributed by atoms with E-state index in [-0.39, 0.29) is 5.92 Å². The van der Waals surface area contributed by atoms with Crippen LogP contribution in [-0.2, 0) is 4.79 Å². The summed E-state index contributed by atoms with van der Waals surface area (Å²) >= 11 is 0. The second-order valence-electron chi connectivity index (χ2n) is 4.39. The molecular formula is C14H18O2. The molecule has 0 unspecified atom stereocenters. The van der Waals surface area contributed by atoms with Gasteiger partial charge in [-0.3, -0.25) is 0 Å². The lowest BCUT2D eigenvalue weighted by atomic mass is 9.93. The molecule has 0 saturated carbocycles. The van der Waals surface area contributed by atoms with Crippen LogP contribution in [0.5, 0.6) is 0 Å². The lowest BCUT2D eigenvalue weighted by Gasteiger charge is -2.12. The lowest BCUT2D eigenvalue weighted by molar-refractivity contribution is -0.131. The number of hydrogen-bond donors (Lipinski definition) is 1. The molecule has 2 nitrogen and oxygen atoms in total. The van der Waals surface area contributed by atoms with E-state index >= 15 is 0 Å². The largest absolute Gasteiger partial charge is 0.478 e. The molecule has 0 heterocycles. The number of benzene rings is 1. The summed E-state index contributed by atoms with van der Waals surface area (Å²) in [4.78, 5) is 10.8. The molecule has 1 N–H and O–H groups in total. The number of carboxylic acid groups (broad SMARTS) is 1. The van der Waals surface area contributed by atoms with E-state index in [0.29, 0.717) is 0 Å². The van der Waals surface area contributed by atoms with Crippen LogP contribution in [0.1, 0.15) is 30.5 Å². The molecule has 0 amide bonds. The van der Waals surface area contributed by atoms with Gasteiger partial charge in [0.15, 0.2) is 0 Å². The van der Waals surface area contributed by atoms with Crippen molar-refractivity contribution < 1.29 is 9.90 Å². The zero-order chi connectivity index (χ0) is 12.3. The average Bonchev–Trinajstić information content (AvgIpc) is 2.18. The molecule has 0 radical (unpaired) electrons. The standard InChI is InChI=1S/C14H18O2/c1-9(2)13(8-14(15)16)12-6-5-10(3)11(4)7-12/h5-9H,1-4H3,(H,15,16)/b13-8+. The molecule has 0 aliphatic carbocycles. The summed E-state index contributed by atoms with van der Waals surface area (Å²) in [6, 6.07) is 6.06. The number of carboxylic acids is 1. The fourth-order valence-corrected chi connectivity index (χ4v) is 1.64. The van der Waals surface area contributed by atoms with Crippen molar-refractivity contribution in [2.75, 3.05) is 0 Å². The van der Waals surface area contributed by atoms with Crippen LogP contribution >= 0.6 is 0 Å². The number of aryl methyl sites for hydroxylation is 2. The first-order chi connectivity index (χ1) is 7.41. The van der Waals surface area contributed by atoms with Gasteiger partial charge in [0.2, 0.25) is 0 Å². The van der Waals surface area contributed by atoms with Gasteiger partial charge in [0.1, 0.15) is 0 Å². The Hall–Kier alpha value is -1.57. The Morgan fingerprint density at radius 2 is 1.88 bits per heavy atom. The predicted molar refractivity (Wildman–Crippen MR) is 66.4 cm³/mol. The first-order valence-corrected chi connectivity index (χ1v) is 5.44. The molecule has 16 heavy (non-hydrogen) atoms. The van der Waals surface area contributed by atoms with E-state index in [9.17, 15) is 4.79 Å². The van der Waals surface area contributed by atoms with Crippen molar-refractivity contribution in [2.24, 2.45) is 5.92 Å². The molecule has 0 aliphatic heterocycles. The van der Waals surface area contributed by atoms with Gasteiger partial charge < -0.3 is 5.11 Å². The minimum atomic E-state index is -0.887. The number of rotatable bonds is 3. The molecule has 0 aliphatic rings. The summed E-state index contributed by atoms with van der Waals surface area (Å²) in [5.41, 5.74) is 4.28. The van der Waals surface area contributed by atoms with Crippen molar-refractivity contribution in [3.8, 4) is 0 Å². The number of aliphatic carboxylic acids is 1. The van der Waals surface area contributed by atoms with E-state index in [1.807, 2.05) is 39.0 Å². The monoisotopic (exact) mass is 218 g/mol. The Morgan fingerprint density at radius 3 is 2.31 bits per heavy atom. The van der Waals surface area contributed by atoms with E-state index in [4.69, 9.17) is 5.11 Å². The highest BCUT2D eigenvalue weighted by atomic mass is 16.4. The molecule has 0 atom stereocenters. The Labute approximate surface area is 96.6 Å². The molecular weight excluding hydrogens is 200 g/mol. The van der Waals surface area contributed by atoms with Crippen molar-refractivity contribution in [2.45, 2.75) is 27.7 Å². The topological polar surface area (TPSA) is 37.3 Å². The van der Waals surface area contributed by atoms with E-state index in [1.165, 1.54) is 17.2 Å². The summed E-state index contributed by atoms with van der Waals surface area (Å²) in [6.07, 6.45) is 1.30. The van der Waals surface area contributed by atoms with Gasteiger partial charge in [-0.25, -0.2) is 4.79 Å².